The van der Waals surface area contributed by atoms with Crippen LogP contribution in [0.2, 0.25) is 0 Å². The zero-order chi connectivity index (χ0) is 23.1. The highest BCUT2D eigenvalue weighted by Gasteiger charge is 2.38. The second-order valence-corrected chi connectivity index (χ2v) is 7.78. The first-order valence-electron chi connectivity index (χ1n) is 9.60. The van der Waals surface area contributed by atoms with Crippen LogP contribution in [0.1, 0.15) is 34.3 Å². The number of hydrogen-bond acceptors (Lipinski definition) is 4. The van der Waals surface area contributed by atoms with Gasteiger partial charge in [-0.25, -0.2) is 0 Å². The first-order chi connectivity index (χ1) is 14.8. The molecule has 3 rings (SSSR count). The quantitative estimate of drug-likeness (QED) is 0.286. The van der Waals surface area contributed by atoms with Crippen molar-refractivity contribution in [2.45, 2.75) is 29.5 Å². The van der Waals surface area contributed by atoms with Gasteiger partial charge in [0.25, 0.3) is 5.91 Å². The molecule has 0 saturated carbocycles. The minimum absolute atomic E-state index is 0.0892. The number of halogens is 4. The Kier molecular flexibility index (Phi) is 9.50. The number of piperidine rings is 1. The number of alkyl halides is 4. The van der Waals surface area contributed by atoms with Crippen LogP contribution in [0.15, 0.2) is 47.4 Å². The van der Waals surface area contributed by atoms with Crippen molar-refractivity contribution in [2.75, 3.05) is 31.4 Å². The summed E-state index contributed by atoms with van der Waals surface area (Å²) in [5.41, 5.74) is -0.404. The molecule has 31 heavy (non-hydrogen) atoms. The van der Waals surface area contributed by atoms with E-state index in [0.717, 1.165) is 48.8 Å². The molecule has 2 aromatic carbocycles. The molecule has 1 aliphatic rings. The molecule has 170 valence electrons. The van der Waals surface area contributed by atoms with Crippen LogP contribution in [-0.4, -0.2) is 37.3 Å². The molecule has 1 saturated heterocycles. The Hall–Kier alpha value is -1.46. The van der Waals surface area contributed by atoms with Gasteiger partial charge in [-0.1, -0.05) is 52.9 Å². The number of thioether (sulfide) groups is 1. The second-order valence-electron chi connectivity index (χ2n) is 6.94. The molecule has 4 nitrogen and oxygen atoms in total. The largest absolute Gasteiger partial charge is 0.496 e. The van der Waals surface area contributed by atoms with Gasteiger partial charge in [0.1, 0.15) is 5.75 Å². The number of methoxy groups -OCH3 is 1. The average molecular weight is 566 g/mol. The van der Waals surface area contributed by atoms with Gasteiger partial charge in [-0.15, -0.1) is 11.8 Å². The zero-order valence-electron chi connectivity index (χ0n) is 17.6. The smallest absolute Gasteiger partial charge is 0.416 e. The zero-order valence-corrected chi connectivity index (χ0v) is 20.6. The maximum absolute atomic E-state index is 13.3. The van der Waals surface area contributed by atoms with E-state index in [9.17, 15) is 18.0 Å². The maximum atomic E-state index is 13.3. The number of hydrogen-bond donors (Lipinski definition) is 2. The summed E-state index contributed by atoms with van der Waals surface area (Å²) in [5.74, 6) is -0.541. The lowest BCUT2D eigenvalue weighted by atomic mass is 9.82. The topological polar surface area (TPSA) is 50.4 Å². The molecule has 2 aromatic rings. The highest BCUT2D eigenvalue weighted by molar-refractivity contribution is 14.1. The van der Waals surface area contributed by atoms with Crippen molar-refractivity contribution in [3.63, 3.8) is 0 Å². The average Bonchev–Trinajstić information content (AvgIpc) is 2.80. The molecule has 0 aromatic heterocycles. The number of rotatable bonds is 5. The highest BCUT2D eigenvalue weighted by atomic mass is 127. The van der Waals surface area contributed by atoms with E-state index in [-0.39, 0.29) is 16.2 Å². The molecule has 1 amide bonds. The van der Waals surface area contributed by atoms with Crippen LogP contribution in [-0.2, 0) is 11.7 Å². The molecule has 1 fully saturated rings. The lowest BCUT2D eigenvalue weighted by Crippen LogP contribution is -2.55. The molecule has 0 spiro atoms. The number of nitrogens with one attached hydrogen (secondary N) is 2. The van der Waals surface area contributed by atoms with Gasteiger partial charge < -0.3 is 15.4 Å². The van der Waals surface area contributed by atoms with Crippen LogP contribution < -0.4 is 15.4 Å². The van der Waals surface area contributed by atoms with Gasteiger partial charge in [-0.2, -0.15) is 13.2 Å². The fourth-order valence-corrected chi connectivity index (χ4v) is 4.31. The van der Waals surface area contributed by atoms with E-state index in [0.29, 0.717) is 6.54 Å². The Morgan fingerprint density at radius 1 is 1.23 bits per heavy atom. The SMILES string of the molecule is CI.COc1cc(C(F)(F)F)cc(SC)c1C(=O)NC1(c2ccccc2)CCCNC1. The van der Waals surface area contributed by atoms with Gasteiger partial charge >= 0.3 is 6.18 Å². The summed E-state index contributed by atoms with van der Waals surface area (Å²) in [4.78, 5) is 15.5. The highest BCUT2D eigenvalue weighted by Crippen LogP contribution is 2.39. The van der Waals surface area contributed by atoms with Crippen molar-refractivity contribution in [3.8, 4) is 5.75 Å². The normalized spacial score (nSPS) is 18.5. The van der Waals surface area contributed by atoms with Crippen LogP contribution in [0.3, 0.4) is 0 Å². The monoisotopic (exact) mass is 566 g/mol. The predicted molar refractivity (Wildman–Crippen MR) is 127 cm³/mol. The summed E-state index contributed by atoms with van der Waals surface area (Å²) in [6.45, 7) is 1.39. The summed E-state index contributed by atoms with van der Waals surface area (Å²) in [7, 11) is 1.27. The van der Waals surface area contributed by atoms with Crippen LogP contribution in [0.4, 0.5) is 13.2 Å². The lowest BCUT2D eigenvalue weighted by Gasteiger charge is -2.39. The first-order valence-corrected chi connectivity index (χ1v) is 13.0. The summed E-state index contributed by atoms with van der Waals surface area (Å²) in [6.07, 6.45) is -1.28. The van der Waals surface area contributed by atoms with Gasteiger partial charge in [-0.05, 0) is 48.3 Å². The molecule has 1 unspecified atom stereocenters. The van der Waals surface area contributed by atoms with E-state index in [4.69, 9.17) is 4.74 Å². The summed E-state index contributed by atoms with van der Waals surface area (Å²) < 4.78 is 44.9. The predicted octanol–water partition coefficient (Wildman–Crippen LogP) is 5.50. The van der Waals surface area contributed by atoms with Crippen molar-refractivity contribution >= 4 is 40.3 Å². The van der Waals surface area contributed by atoms with E-state index < -0.39 is 23.2 Å². The Morgan fingerprint density at radius 3 is 2.42 bits per heavy atom. The maximum Gasteiger partial charge on any atom is 0.416 e. The van der Waals surface area contributed by atoms with Gasteiger partial charge in [0, 0.05) is 11.4 Å². The number of benzene rings is 2. The molecule has 0 aliphatic carbocycles. The van der Waals surface area contributed by atoms with Gasteiger partial charge in [0.2, 0.25) is 0 Å². The summed E-state index contributed by atoms with van der Waals surface area (Å²) in [5, 5.41) is 6.41. The fourth-order valence-electron chi connectivity index (χ4n) is 3.67. The third kappa shape index (κ3) is 6.07. The van der Waals surface area contributed by atoms with Crippen molar-refractivity contribution in [1.82, 2.24) is 10.6 Å². The molecule has 1 heterocycles. The van der Waals surface area contributed by atoms with Crippen LogP contribution in [0.25, 0.3) is 0 Å². The molecule has 0 radical (unpaired) electrons. The molecule has 1 atom stereocenters. The van der Waals surface area contributed by atoms with Crippen molar-refractivity contribution < 1.29 is 22.7 Å². The van der Waals surface area contributed by atoms with Crippen molar-refractivity contribution in [3.05, 3.63) is 59.2 Å². The van der Waals surface area contributed by atoms with E-state index >= 15 is 0 Å². The fraction of sp³-hybridized carbons (Fsp3) is 0.409. The number of amides is 1. The second kappa shape index (κ2) is 11.4. The molecule has 1 aliphatic heterocycles. The van der Waals surface area contributed by atoms with E-state index in [1.54, 1.807) is 6.26 Å². The third-order valence-electron chi connectivity index (χ3n) is 5.12. The minimum Gasteiger partial charge on any atom is -0.496 e. The van der Waals surface area contributed by atoms with Crippen LogP contribution in [0.5, 0.6) is 5.75 Å². The van der Waals surface area contributed by atoms with Crippen molar-refractivity contribution in [2.24, 2.45) is 0 Å². The Labute approximate surface area is 198 Å². The summed E-state index contributed by atoms with van der Waals surface area (Å²) in [6, 6.07) is 11.5. The number of ether oxygens (including phenoxy) is 1. The molecule has 9 heteroatoms. The molecule has 0 bridgehead atoms. The van der Waals surface area contributed by atoms with Crippen molar-refractivity contribution in [1.29, 1.82) is 0 Å². The third-order valence-corrected chi connectivity index (χ3v) is 5.89. The Bertz CT molecular complexity index is 848. The number of carbonyl (C=O) groups excluding carboxylic acids is 1. The van der Waals surface area contributed by atoms with Crippen LogP contribution >= 0.6 is 34.4 Å². The Morgan fingerprint density at radius 2 is 1.90 bits per heavy atom. The molecular formula is C22H26F3IN2O2S. The molecule has 2 N–H and O–H groups in total. The van der Waals surface area contributed by atoms with E-state index in [1.807, 2.05) is 35.3 Å². The van der Waals surface area contributed by atoms with Crippen LogP contribution in [0, 0.1) is 0 Å². The molecular weight excluding hydrogens is 540 g/mol. The van der Waals surface area contributed by atoms with E-state index in [1.165, 1.54) is 7.11 Å². The van der Waals surface area contributed by atoms with Gasteiger partial charge in [0.15, 0.2) is 0 Å². The van der Waals surface area contributed by atoms with Gasteiger partial charge in [-0.3, -0.25) is 4.79 Å². The van der Waals surface area contributed by atoms with E-state index in [2.05, 4.69) is 33.2 Å². The standard InChI is InChI=1S/C21H23F3N2O2S.CH3I/c1-28-16-11-15(21(22,23)24)12-17(29-2)18(16)19(27)26-20(9-6-10-25-13-20)14-7-4-3-5-8-14;1-2/h3-5,7-8,11-12,25H,6,9-10,13H2,1-2H3,(H,26,27);1H3. The van der Waals surface area contributed by atoms with Gasteiger partial charge in [0.05, 0.1) is 23.8 Å². The summed E-state index contributed by atoms with van der Waals surface area (Å²) >= 11 is 3.23. The number of carbonyl (C=O) groups is 1. The minimum atomic E-state index is -4.52. The lowest BCUT2D eigenvalue weighted by molar-refractivity contribution is -0.137. The Balaban J connectivity index is 0.00000166. The first kappa shape index (κ1) is 25.8.